The maximum atomic E-state index is 11.7. The number of hydrogen-bond acceptors (Lipinski definition) is 5. The second kappa shape index (κ2) is 7.95. The number of ether oxygens (including phenoxy) is 2. The Kier molecular flexibility index (Phi) is 6.28. The summed E-state index contributed by atoms with van der Waals surface area (Å²) in [4.78, 5) is 22.1. The van der Waals surface area contributed by atoms with Crippen LogP contribution in [0.5, 0.6) is 11.5 Å². The number of anilines is 1. The van der Waals surface area contributed by atoms with Crippen molar-refractivity contribution in [2.45, 2.75) is 12.5 Å². The first-order valence-electron chi connectivity index (χ1n) is 6.15. The van der Waals surface area contributed by atoms with Gasteiger partial charge in [0.25, 0.3) is 0 Å². The number of aliphatic hydroxyl groups is 1. The number of hydrogen-bond donors (Lipinski definition) is 4. The summed E-state index contributed by atoms with van der Waals surface area (Å²) in [6.45, 7) is 0.0194. The summed E-state index contributed by atoms with van der Waals surface area (Å²) < 4.78 is 10.2. The fraction of sp³-hybridized carbons (Fsp3) is 0.385. The monoisotopic (exact) mass is 298 g/mol. The van der Waals surface area contributed by atoms with Gasteiger partial charge in [-0.2, -0.15) is 0 Å². The first-order chi connectivity index (χ1) is 9.97. The lowest BCUT2D eigenvalue weighted by atomic mass is 10.2. The number of carbonyl (C=O) groups excluding carboxylic acids is 1. The van der Waals surface area contributed by atoms with Gasteiger partial charge in [0, 0.05) is 19.0 Å². The van der Waals surface area contributed by atoms with Crippen LogP contribution in [0.15, 0.2) is 18.2 Å². The van der Waals surface area contributed by atoms with Crippen molar-refractivity contribution in [3.05, 3.63) is 18.2 Å². The van der Waals surface area contributed by atoms with Crippen molar-refractivity contribution in [2.24, 2.45) is 0 Å². The van der Waals surface area contributed by atoms with Gasteiger partial charge in [0.2, 0.25) is 0 Å². The number of methoxy groups -OCH3 is 2. The van der Waals surface area contributed by atoms with Crippen LogP contribution in [0, 0.1) is 0 Å². The number of carboxylic acid groups (broad SMARTS) is 1. The number of aliphatic carboxylic acids is 1. The van der Waals surface area contributed by atoms with Crippen LogP contribution in [-0.4, -0.2) is 49.1 Å². The average Bonchev–Trinajstić information content (AvgIpc) is 2.46. The normalized spacial score (nSPS) is 11.4. The van der Waals surface area contributed by atoms with Crippen LogP contribution in [0.4, 0.5) is 10.5 Å². The van der Waals surface area contributed by atoms with E-state index in [1.54, 1.807) is 18.2 Å². The zero-order valence-electron chi connectivity index (χ0n) is 11.8. The van der Waals surface area contributed by atoms with Gasteiger partial charge in [-0.15, -0.1) is 0 Å². The third kappa shape index (κ3) is 5.19. The summed E-state index contributed by atoms with van der Waals surface area (Å²) in [6.07, 6.45) is -1.59. The topological polar surface area (TPSA) is 117 Å². The van der Waals surface area contributed by atoms with E-state index in [0.29, 0.717) is 17.2 Å². The molecule has 1 aromatic carbocycles. The van der Waals surface area contributed by atoms with Crippen molar-refractivity contribution < 1.29 is 29.3 Å². The number of carboxylic acids is 1. The van der Waals surface area contributed by atoms with Crippen molar-refractivity contribution in [3.63, 3.8) is 0 Å². The van der Waals surface area contributed by atoms with Crippen LogP contribution >= 0.6 is 0 Å². The molecule has 0 heterocycles. The van der Waals surface area contributed by atoms with Gasteiger partial charge >= 0.3 is 12.0 Å². The number of urea groups is 1. The average molecular weight is 298 g/mol. The summed E-state index contributed by atoms with van der Waals surface area (Å²) in [5, 5.41) is 22.6. The first-order valence-corrected chi connectivity index (χ1v) is 6.15. The molecular weight excluding hydrogens is 280 g/mol. The van der Waals surface area contributed by atoms with E-state index in [1.807, 2.05) is 0 Å². The second-order valence-electron chi connectivity index (χ2n) is 4.09. The molecule has 0 fully saturated rings. The number of benzene rings is 1. The number of amides is 2. The summed E-state index contributed by atoms with van der Waals surface area (Å²) in [5.41, 5.74) is 0.410. The van der Waals surface area contributed by atoms with E-state index < -0.39 is 18.1 Å². The highest BCUT2D eigenvalue weighted by molar-refractivity contribution is 5.91. The molecule has 1 atom stereocenters. The maximum absolute atomic E-state index is 11.7. The van der Waals surface area contributed by atoms with E-state index in [0.717, 1.165) is 0 Å². The molecule has 0 saturated carbocycles. The quantitative estimate of drug-likeness (QED) is 0.587. The Hall–Kier alpha value is -2.48. The molecule has 21 heavy (non-hydrogen) atoms. The van der Waals surface area contributed by atoms with Gasteiger partial charge in [0.15, 0.2) is 6.10 Å². The van der Waals surface area contributed by atoms with Gasteiger partial charge in [-0.3, -0.25) is 0 Å². The molecule has 0 aliphatic carbocycles. The Balaban J connectivity index is 2.56. The molecule has 116 valence electrons. The third-order valence-corrected chi connectivity index (χ3v) is 2.64. The van der Waals surface area contributed by atoms with E-state index in [9.17, 15) is 9.59 Å². The first kappa shape index (κ1) is 16.6. The highest BCUT2D eigenvalue weighted by Crippen LogP contribution is 2.28. The van der Waals surface area contributed by atoms with Gasteiger partial charge in [-0.25, -0.2) is 9.59 Å². The van der Waals surface area contributed by atoms with Crippen LogP contribution in [0.3, 0.4) is 0 Å². The fourth-order valence-electron chi connectivity index (χ4n) is 1.52. The van der Waals surface area contributed by atoms with Gasteiger partial charge in [0.05, 0.1) is 19.9 Å². The van der Waals surface area contributed by atoms with Crippen LogP contribution in [0.1, 0.15) is 6.42 Å². The second-order valence-corrected chi connectivity index (χ2v) is 4.09. The largest absolute Gasteiger partial charge is 0.497 e. The maximum Gasteiger partial charge on any atom is 0.332 e. The highest BCUT2D eigenvalue weighted by Gasteiger charge is 2.13. The molecule has 0 saturated heterocycles. The van der Waals surface area contributed by atoms with E-state index in [-0.39, 0.29) is 13.0 Å². The minimum absolute atomic E-state index is 0.0194. The van der Waals surface area contributed by atoms with Crippen molar-refractivity contribution >= 4 is 17.7 Å². The standard InChI is InChI=1S/C13H18N2O6/c1-20-8-3-4-11(21-2)9(7-8)15-13(19)14-6-5-10(16)12(17)18/h3-4,7,10,16H,5-6H2,1-2H3,(H,17,18)(H2,14,15,19). The smallest absolute Gasteiger partial charge is 0.332 e. The van der Waals surface area contributed by atoms with Crippen LogP contribution < -0.4 is 20.1 Å². The molecule has 0 radical (unpaired) electrons. The van der Waals surface area contributed by atoms with Crippen LogP contribution in [0.25, 0.3) is 0 Å². The Morgan fingerprint density at radius 1 is 1.29 bits per heavy atom. The van der Waals surface area contributed by atoms with E-state index in [1.165, 1.54) is 14.2 Å². The van der Waals surface area contributed by atoms with Crippen molar-refractivity contribution in [1.29, 1.82) is 0 Å². The van der Waals surface area contributed by atoms with Gasteiger partial charge in [-0.05, 0) is 12.1 Å². The van der Waals surface area contributed by atoms with Crippen LogP contribution in [0.2, 0.25) is 0 Å². The SMILES string of the molecule is COc1ccc(OC)c(NC(=O)NCCC(O)C(=O)O)c1. The molecule has 8 heteroatoms. The Bertz CT molecular complexity index is 505. The molecule has 1 aromatic rings. The van der Waals surface area contributed by atoms with E-state index in [4.69, 9.17) is 19.7 Å². The van der Waals surface area contributed by atoms with Crippen molar-refractivity contribution in [2.75, 3.05) is 26.1 Å². The van der Waals surface area contributed by atoms with Crippen LogP contribution in [-0.2, 0) is 4.79 Å². The van der Waals surface area contributed by atoms with Gasteiger partial charge in [-0.1, -0.05) is 0 Å². The minimum Gasteiger partial charge on any atom is -0.497 e. The molecule has 4 N–H and O–H groups in total. The van der Waals surface area contributed by atoms with E-state index >= 15 is 0 Å². The highest BCUT2D eigenvalue weighted by atomic mass is 16.5. The molecule has 1 rings (SSSR count). The summed E-state index contributed by atoms with van der Waals surface area (Å²) in [5.74, 6) is -0.324. The Morgan fingerprint density at radius 3 is 2.57 bits per heavy atom. The Labute approximate surface area is 121 Å². The molecule has 0 spiro atoms. The molecule has 0 aliphatic heterocycles. The molecule has 2 amide bonds. The molecule has 0 bridgehead atoms. The number of nitrogens with one attached hydrogen (secondary N) is 2. The molecule has 1 unspecified atom stereocenters. The zero-order chi connectivity index (χ0) is 15.8. The Morgan fingerprint density at radius 2 is 2.00 bits per heavy atom. The lowest BCUT2D eigenvalue weighted by Crippen LogP contribution is -2.33. The minimum atomic E-state index is -1.50. The lowest BCUT2D eigenvalue weighted by molar-refractivity contribution is -0.146. The predicted octanol–water partition coefficient (Wildman–Crippen LogP) is 0.661. The fourth-order valence-corrected chi connectivity index (χ4v) is 1.52. The number of rotatable bonds is 7. The third-order valence-electron chi connectivity index (χ3n) is 2.64. The van der Waals surface area contributed by atoms with Gasteiger partial charge in [0.1, 0.15) is 11.5 Å². The lowest BCUT2D eigenvalue weighted by Gasteiger charge is -2.13. The summed E-state index contributed by atoms with van der Waals surface area (Å²) >= 11 is 0. The molecule has 8 nitrogen and oxygen atoms in total. The summed E-state index contributed by atoms with van der Waals surface area (Å²) in [7, 11) is 2.97. The molecular formula is C13H18N2O6. The number of carbonyl (C=O) groups is 2. The summed E-state index contributed by atoms with van der Waals surface area (Å²) in [6, 6.07) is 4.37. The van der Waals surface area contributed by atoms with E-state index in [2.05, 4.69) is 10.6 Å². The van der Waals surface area contributed by atoms with Gasteiger partial charge < -0.3 is 30.3 Å². The van der Waals surface area contributed by atoms with Crippen molar-refractivity contribution in [3.8, 4) is 11.5 Å². The predicted molar refractivity (Wildman–Crippen MR) is 74.8 cm³/mol. The zero-order valence-corrected chi connectivity index (χ0v) is 11.8. The molecule has 0 aliphatic rings. The molecule has 0 aromatic heterocycles. The number of aliphatic hydroxyl groups excluding tert-OH is 1. The van der Waals surface area contributed by atoms with Crippen molar-refractivity contribution in [1.82, 2.24) is 5.32 Å².